The average Bonchev–Trinajstić information content (AvgIpc) is 3.73. The lowest BCUT2D eigenvalue weighted by Gasteiger charge is -2.62. The van der Waals surface area contributed by atoms with Crippen molar-refractivity contribution in [2.75, 3.05) is 26.4 Å². The molecule has 6 heteroatoms. The zero-order valence-electron chi connectivity index (χ0n) is 19.2. The van der Waals surface area contributed by atoms with Gasteiger partial charge in [-0.1, -0.05) is 12.1 Å². The summed E-state index contributed by atoms with van der Waals surface area (Å²) < 4.78 is 24.8. The first-order valence-corrected chi connectivity index (χ1v) is 14.3. The molecule has 180 valence electrons. The minimum atomic E-state index is 0.0364. The minimum Gasteiger partial charge on any atom is -0.490 e. The Morgan fingerprint density at radius 3 is 1.53 bits per heavy atom. The molecule has 0 amide bonds. The topological polar surface area (TPSA) is 43.5 Å². The van der Waals surface area contributed by atoms with Gasteiger partial charge in [0, 0.05) is 5.41 Å². The lowest BCUT2D eigenvalue weighted by molar-refractivity contribution is -0.0419. The molecule has 2 saturated heterocycles. The van der Waals surface area contributed by atoms with Crippen LogP contribution >= 0.6 is 31.9 Å². The zero-order valence-corrected chi connectivity index (χ0v) is 22.4. The summed E-state index contributed by atoms with van der Waals surface area (Å²) in [5.41, 5.74) is 2.89. The van der Waals surface area contributed by atoms with E-state index in [-0.39, 0.29) is 17.6 Å². The van der Waals surface area contributed by atoms with E-state index in [4.69, 9.17) is 18.9 Å². The molecule has 8 rings (SSSR count). The highest BCUT2D eigenvalue weighted by Crippen LogP contribution is 2.65. The fourth-order valence-electron chi connectivity index (χ4n) is 7.48. The SMILES string of the molecule is Brc1cc(C2(c3ccc(OCC4CO4)c(Br)c3)C3CC4CC(C3)CC2C4)ccc1OCC1CO1. The first-order valence-electron chi connectivity index (χ1n) is 12.7. The summed E-state index contributed by atoms with van der Waals surface area (Å²) in [6.45, 7) is 2.87. The number of benzene rings is 2. The summed E-state index contributed by atoms with van der Waals surface area (Å²) in [5.74, 6) is 4.99. The van der Waals surface area contributed by atoms with Crippen LogP contribution in [0.1, 0.15) is 43.2 Å². The predicted molar refractivity (Wildman–Crippen MR) is 137 cm³/mol. The van der Waals surface area contributed by atoms with Crippen LogP contribution in [0.5, 0.6) is 11.5 Å². The summed E-state index contributed by atoms with van der Waals surface area (Å²) in [4.78, 5) is 0. The Morgan fingerprint density at radius 1 is 0.706 bits per heavy atom. The van der Waals surface area contributed by atoms with E-state index in [9.17, 15) is 0 Å². The quantitative estimate of drug-likeness (QED) is 0.329. The van der Waals surface area contributed by atoms with Gasteiger partial charge in [0.2, 0.25) is 0 Å². The van der Waals surface area contributed by atoms with Gasteiger partial charge in [-0.05, 0) is 123 Å². The van der Waals surface area contributed by atoms with E-state index in [2.05, 4.69) is 68.3 Å². The van der Waals surface area contributed by atoms with Gasteiger partial charge >= 0.3 is 0 Å². The van der Waals surface area contributed by atoms with Crippen LogP contribution < -0.4 is 9.47 Å². The van der Waals surface area contributed by atoms with Crippen molar-refractivity contribution in [2.45, 2.75) is 49.7 Å². The molecule has 0 spiro atoms. The van der Waals surface area contributed by atoms with Crippen LogP contribution in [0.4, 0.5) is 0 Å². The van der Waals surface area contributed by atoms with Crippen LogP contribution in [0.25, 0.3) is 0 Å². The van der Waals surface area contributed by atoms with Crippen molar-refractivity contribution in [1.82, 2.24) is 0 Å². The number of rotatable bonds is 8. The predicted octanol–water partition coefficient (Wildman–Crippen LogP) is 6.51. The van der Waals surface area contributed by atoms with Gasteiger partial charge in [0.1, 0.15) is 36.9 Å². The Kier molecular flexibility index (Phi) is 5.54. The number of hydrogen-bond donors (Lipinski definition) is 0. The Bertz CT molecular complexity index is 998. The van der Waals surface area contributed by atoms with Gasteiger partial charge in [-0.25, -0.2) is 0 Å². The van der Waals surface area contributed by atoms with E-state index < -0.39 is 0 Å². The fourth-order valence-corrected chi connectivity index (χ4v) is 8.47. The Labute approximate surface area is 217 Å². The van der Waals surface area contributed by atoms with Gasteiger partial charge < -0.3 is 18.9 Å². The normalized spacial score (nSPS) is 37.0. The monoisotopic (exact) mass is 588 g/mol. The first-order chi connectivity index (χ1) is 16.6. The maximum absolute atomic E-state index is 6.04. The van der Waals surface area contributed by atoms with Crippen LogP contribution in [0, 0.1) is 23.7 Å². The molecule has 4 bridgehead atoms. The summed E-state index contributed by atoms with van der Waals surface area (Å²) in [7, 11) is 0. The van der Waals surface area contributed by atoms with Crippen LogP contribution in [-0.4, -0.2) is 38.6 Å². The smallest absolute Gasteiger partial charge is 0.133 e. The molecule has 2 unspecified atom stereocenters. The number of epoxide rings is 2. The molecule has 6 aliphatic rings. The van der Waals surface area contributed by atoms with Gasteiger partial charge in [-0.15, -0.1) is 0 Å². The number of halogens is 2. The van der Waals surface area contributed by atoms with Gasteiger partial charge in [0.25, 0.3) is 0 Å². The highest BCUT2D eigenvalue weighted by molar-refractivity contribution is 9.10. The van der Waals surface area contributed by atoms with Crippen molar-refractivity contribution < 1.29 is 18.9 Å². The van der Waals surface area contributed by atoms with Crippen molar-refractivity contribution in [3.05, 3.63) is 56.5 Å². The van der Waals surface area contributed by atoms with E-state index in [0.717, 1.165) is 45.5 Å². The molecule has 2 atom stereocenters. The van der Waals surface area contributed by atoms with Crippen molar-refractivity contribution in [1.29, 1.82) is 0 Å². The molecule has 4 aliphatic carbocycles. The van der Waals surface area contributed by atoms with Gasteiger partial charge in [-0.2, -0.15) is 0 Å². The molecule has 6 fully saturated rings. The summed E-state index contributed by atoms with van der Waals surface area (Å²) in [5, 5.41) is 0. The lowest BCUT2D eigenvalue weighted by Crippen LogP contribution is -2.56. The molecule has 4 nitrogen and oxygen atoms in total. The Hall–Kier alpha value is -1.08. The van der Waals surface area contributed by atoms with Crippen molar-refractivity contribution in [3.8, 4) is 11.5 Å². The number of hydrogen-bond acceptors (Lipinski definition) is 4. The second-order valence-electron chi connectivity index (χ2n) is 11.0. The molecule has 2 aromatic rings. The van der Waals surface area contributed by atoms with E-state index in [1.165, 1.54) is 43.2 Å². The molecular formula is C28H30Br2O4. The van der Waals surface area contributed by atoms with Gasteiger partial charge in [-0.3, -0.25) is 0 Å². The molecular weight excluding hydrogens is 560 g/mol. The first kappa shape index (κ1) is 22.1. The third-order valence-electron chi connectivity index (χ3n) is 8.90. The molecule has 34 heavy (non-hydrogen) atoms. The highest BCUT2D eigenvalue weighted by Gasteiger charge is 2.58. The summed E-state index contributed by atoms with van der Waals surface area (Å²) in [6, 6.07) is 13.7. The number of ether oxygens (including phenoxy) is 4. The fraction of sp³-hybridized carbons (Fsp3) is 0.571. The maximum atomic E-state index is 6.04. The third-order valence-corrected chi connectivity index (χ3v) is 10.1. The zero-order chi connectivity index (χ0) is 22.9. The minimum absolute atomic E-state index is 0.0364. The Balaban J connectivity index is 1.27. The third kappa shape index (κ3) is 3.84. The summed E-state index contributed by atoms with van der Waals surface area (Å²) in [6.07, 6.45) is 7.34. The largest absolute Gasteiger partial charge is 0.490 e. The van der Waals surface area contributed by atoms with Crippen LogP contribution in [0.3, 0.4) is 0 Å². The van der Waals surface area contributed by atoms with Gasteiger partial charge in [0.15, 0.2) is 0 Å². The van der Waals surface area contributed by atoms with Crippen molar-refractivity contribution >= 4 is 31.9 Å². The van der Waals surface area contributed by atoms with E-state index >= 15 is 0 Å². The van der Waals surface area contributed by atoms with Gasteiger partial charge in [0.05, 0.1) is 22.2 Å². The lowest BCUT2D eigenvalue weighted by atomic mass is 9.42. The highest BCUT2D eigenvalue weighted by atomic mass is 79.9. The van der Waals surface area contributed by atoms with Crippen LogP contribution in [-0.2, 0) is 14.9 Å². The standard InChI is InChI=1S/C28H30Br2O4/c29-24-10-18(1-3-26(24)33-14-22-12-31-22)28(20-6-16-5-17(8-20)9-21(28)7-16)19-2-4-27(25(30)11-19)34-15-23-13-32-23/h1-4,10-11,16-17,20-23H,5-9,12-15H2. The van der Waals surface area contributed by atoms with Crippen LogP contribution in [0.15, 0.2) is 45.3 Å². The maximum Gasteiger partial charge on any atom is 0.133 e. The molecule has 0 aromatic heterocycles. The molecule has 2 aromatic carbocycles. The van der Waals surface area contributed by atoms with E-state index in [1.807, 2.05) is 0 Å². The second kappa shape index (κ2) is 8.50. The second-order valence-corrected chi connectivity index (χ2v) is 12.7. The average molecular weight is 590 g/mol. The van der Waals surface area contributed by atoms with Crippen molar-refractivity contribution in [3.63, 3.8) is 0 Å². The molecule has 2 heterocycles. The molecule has 2 aliphatic heterocycles. The molecule has 4 saturated carbocycles. The molecule has 0 radical (unpaired) electrons. The Morgan fingerprint density at radius 2 is 1.15 bits per heavy atom. The molecule has 0 N–H and O–H groups in total. The van der Waals surface area contributed by atoms with E-state index in [1.54, 1.807) is 0 Å². The van der Waals surface area contributed by atoms with Crippen LogP contribution in [0.2, 0.25) is 0 Å². The van der Waals surface area contributed by atoms with E-state index in [0.29, 0.717) is 25.0 Å². The van der Waals surface area contributed by atoms with Crippen molar-refractivity contribution in [2.24, 2.45) is 23.7 Å². The summed E-state index contributed by atoms with van der Waals surface area (Å²) >= 11 is 7.68.